The molecule has 0 radical (unpaired) electrons. The second kappa shape index (κ2) is 7.63. The zero-order valence-corrected chi connectivity index (χ0v) is 18.9. The predicted octanol–water partition coefficient (Wildman–Crippen LogP) is 5.59. The van der Waals surface area contributed by atoms with Crippen molar-refractivity contribution in [1.82, 2.24) is 15.0 Å². The highest BCUT2D eigenvalue weighted by molar-refractivity contribution is 7.99. The number of rotatable bonds is 4. The summed E-state index contributed by atoms with van der Waals surface area (Å²) in [7, 11) is 0. The molecule has 0 N–H and O–H groups in total. The standard InChI is InChI=1S/C26H28N4S/c1-18-22(8-11-27-25(18)19-6-7-19)31-24-17-28-23(16-29-24)30-12-9-26(10-13-30)14-20-4-2-3-5-21(20)15-26/h2-5,8,11,16-17,19H,6-7,9-10,12-15H2,1H3. The van der Waals surface area contributed by atoms with Gasteiger partial charge in [0.15, 0.2) is 0 Å². The summed E-state index contributed by atoms with van der Waals surface area (Å²) < 4.78 is 0. The molecule has 0 amide bonds. The van der Waals surface area contributed by atoms with E-state index in [1.54, 1.807) is 22.9 Å². The first-order valence-electron chi connectivity index (χ1n) is 11.5. The van der Waals surface area contributed by atoms with Crippen molar-refractivity contribution in [2.24, 2.45) is 5.41 Å². The summed E-state index contributed by atoms with van der Waals surface area (Å²) in [5.41, 5.74) is 6.16. The van der Waals surface area contributed by atoms with Gasteiger partial charge in [-0.15, -0.1) is 0 Å². The van der Waals surface area contributed by atoms with Gasteiger partial charge in [-0.1, -0.05) is 36.0 Å². The molecule has 3 heterocycles. The molecule has 31 heavy (non-hydrogen) atoms. The SMILES string of the molecule is Cc1c(Sc2cnc(N3CCC4(CC3)Cc3ccccc3C4)cn2)ccnc1C1CC1. The number of nitrogens with zero attached hydrogens (tertiary/aromatic N) is 4. The van der Waals surface area contributed by atoms with Crippen LogP contribution in [-0.4, -0.2) is 28.0 Å². The second-order valence-corrected chi connectivity index (χ2v) is 10.6. The van der Waals surface area contributed by atoms with Crippen molar-refractivity contribution in [3.05, 3.63) is 71.3 Å². The molecule has 0 unspecified atom stereocenters. The van der Waals surface area contributed by atoms with E-state index in [1.807, 2.05) is 18.6 Å². The lowest BCUT2D eigenvalue weighted by atomic mass is 9.76. The summed E-state index contributed by atoms with van der Waals surface area (Å²) in [4.78, 5) is 17.8. The lowest BCUT2D eigenvalue weighted by molar-refractivity contribution is 0.232. The van der Waals surface area contributed by atoms with Gasteiger partial charge in [0.05, 0.1) is 12.4 Å². The Kier molecular flexibility index (Phi) is 4.75. The monoisotopic (exact) mass is 428 g/mol. The lowest BCUT2D eigenvalue weighted by Gasteiger charge is -2.39. The summed E-state index contributed by atoms with van der Waals surface area (Å²) >= 11 is 1.71. The molecule has 1 saturated carbocycles. The van der Waals surface area contributed by atoms with Crippen LogP contribution in [0.3, 0.4) is 0 Å². The average molecular weight is 429 g/mol. The Morgan fingerprint density at radius 3 is 2.32 bits per heavy atom. The zero-order valence-electron chi connectivity index (χ0n) is 18.1. The van der Waals surface area contributed by atoms with Crippen LogP contribution in [0.1, 0.15) is 54.0 Å². The topological polar surface area (TPSA) is 41.9 Å². The molecular weight excluding hydrogens is 400 g/mol. The highest BCUT2D eigenvalue weighted by Gasteiger charge is 2.39. The lowest BCUT2D eigenvalue weighted by Crippen LogP contribution is -2.41. The van der Waals surface area contributed by atoms with Gasteiger partial charge >= 0.3 is 0 Å². The van der Waals surface area contributed by atoms with Gasteiger partial charge in [0.1, 0.15) is 10.8 Å². The van der Waals surface area contributed by atoms with E-state index in [1.165, 1.54) is 54.7 Å². The first-order chi connectivity index (χ1) is 15.2. The summed E-state index contributed by atoms with van der Waals surface area (Å²) in [6, 6.07) is 11.1. The largest absolute Gasteiger partial charge is 0.355 e. The Balaban J connectivity index is 1.11. The fourth-order valence-corrected chi connectivity index (χ4v) is 6.21. The van der Waals surface area contributed by atoms with Gasteiger partial charge < -0.3 is 4.90 Å². The predicted molar refractivity (Wildman–Crippen MR) is 125 cm³/mol. The minimum Gasteiger partial charge on any atom is -0.355 e. The Morgan fingerprint density at radius 2 is 1.68 bits per heavy atom. The van der Waals surface area contributed by atoms with Crippen molar-refractivity contribution in [1.29, 1.82) is 0 Å². The van der Waals surface area contributed by atoms with E-state index in [9.17, 15) is 0 Å². The molecule has 1 aromatic carbocycles. The van der Waals surface area contributed by atoms with E-state index in [4.69, 9.17) is 9.97 Å². The van der Waals surface area contributed by atoms with Crippen LogP contribution in [0.5, 0.6) is 0 Å². The third kappa shape index (κ3) is 3.73. The number of hydrogen-bond acceptors (Lipinski definition) is 5. The molecule has 4 nitrogen and oxygen atoms in total. The maximum Gasteiger partial charge on any atom is 0.147 e. The van der Waals surface area contributed by atoms with Gasteiger partial charge in [-0.05, 0) is 73.6 Å². The molecular formula is C26H28N4S. The van der Waals surface area contributed by atoms with E-state index in [0.29, 0.717) is 11.3 Å². The van der Waals surface area contributed by atoms with E-state index in [0.717, 1.165) is 23.9 Å². The molecule has 2 fully saturated rings. The smallest absolute Gasteiger partial charge is 0.147 e. The highest BCUT2D eigenvalue weighted by atomic mass is 32.2. The summed E-state index contributed by atoms with van der Waals surface area (Å²) in [6.07, 6.45) is 13.3. The molecule has 1 spiro atoms. The first kappa shape index (κ1) is 19.3. The number of fused-ring (bicyclic) bond motifs is 1. The molecule has 0 atom stereocenters. The number of pyridine rings is 1. The molecule has 3 aliphatic rings. The molecule has 1 saturated heterocycles. The van der Waals surface area contributed by atoms with Gasteiger partial charge in [0.2, 0.25) is 0 Å². The van der Waals surface area contributed by atoms with E-state index < -0.39 is 0 Å². The number of anilines is 1. The Labute approximate surface area is 188 Å². The van der Waals surface area contributed by atoms with Crippen LogP contribution in [0.4, 0.5) is 5.82 Å². The van der Waals surface area contributed by atoms with Crippen molar-refractivity contribution >= 4 is 17.6 Å². The average Bonchev–Trinajstić information content (AvgIpc) is 3.57. The molecule has 6 rings (SSSR count). The molecule has 3 aromatic rings. The quantitative estimate of drug-likeness (QED) is 0.541. The maximum atomic E-state index is 4.78. The van der Waals surface area contributed by atoms with Crippen LogP contribution in [0.2, 0.25) is 0 Å². The Morgan fingerprint density at radius 1 is 0.935 bits per heavy atom. The van der Waals surface area contributed by atoms with E-state index in [2.05, 4.69) is 47.1 Å². The van der Waals surface area contributed by atoms with Crippen LogP contribution < -0.4 is 4.90 Å². The summed E-state index contributed by atoms with van der Waals surface area (Å²) in [6.45, 7) is 4.34. The van der Waals surface area contributed by atoms with Gasteiger partial charge in [-0.25, -0.2) is 9.97 Å². The third-order valence-electron chi connectivity index (χ3n) is 7.38. The molecule has 2 aromatic heterocycles. The first-order valence-corrected chi connectivity index (χ1v) is 12.3. The number of piperidine rings is 1. The van der Waals surface area contributed by atoms with Gasteiger partial charge in [0, 0.05) is 35.8 Å². The maximum absolute atomic E-state index is 4.78. The van der Waals surface area contributed by atoms with Gasteiger partial charge in [-0.3, -0.25) is 4.98 Å². The summed E-state index contributed by atoms with van der Waals surface area (Å²) in [5.74, 6) is 1.68. The van der Waals surface area contributed by atoms with E-state index in [-0.39, 0.29) is 0 Å². The van der Waals surface area contributed by atoms with Crippen molar-refractivity contribution in [2.45, 2.75) is 61.3 Å². The Hall–Kier alpha value is -2.40. The minimum absolute atomic E-state index is 0.460. The number of hydrogen-bond donors (Lipinski definition) is 0. The normalized spacial score (nSPS) is 19.6. The fourth-order valence-electron chi connectivity index (χ4n) is 5.39. The second-order valence-electron chi connectivity index (χ2n) is 9.52. The van der Waals surface area contributed by atoms with Crippen LogP contribution in [0.15, 0.2) is 58.8 Å². The van der Waals surface area contributed by atoms with E-state index >= 15 is 0 Å². The van der Waals surface area contributed by atoms with Gasteiger partial charge in [-0.2, -0.15) is 0 Å². The summed E-state index contributed by atoms with van der Waals surface area (Å²) in [5, 5.41) is 0.958. The van der Waals surface area contributed by atoms with Crippen molar-refractivity contribution < 1.29 is 0 Å². The molecule has 5 heteroatoms. The number of benzene rings is 1. The minimum atomic E-state index is 0.460. The molecule has 1 aliphatic heterocycles. The Bertz CT molecular complexity index is 1070. The number of aromatic nitrogens is 3. The molecule has 0 bridgehead atoms. The van der Waals surface area contributed by atoms with Crippen molar-refractivity contribution in [3.63, 3.8) is 0 Å². The third-order valence-corrected chi connectivity index (χ3v) is 8.47. The van der Waals surface area contributed by atoms with Crippen LogP contribution in [0.25, 0.3) is 0 Å². The van der Waals surface area contributed by atoms with Crippen LogP contribution in [0, 0.1) is 12.3 Å². The van der Waals surface area contributed by atoms with Crippen molar-refractivity contribution in [2.75, 3.05) is 18.0 Å². The van der Waals surface area contributed by atoms with Crippen LogP contribution >= 0.6 is 11.8 Å². The zero-order chi connectivity index (χ0) is 20.8. The van der Waals surface area contributed by atoms with Crippen molar-refractivity contribution in [3.8, 4) is 0 Å². The fraction of sp³-hybridized carbons (Fsp3) is 0.423. The van der Waals surface area contributed by atoms with Crippen LogP contribution in [-0.2, 0) is 12.8 Å². The highest BCUT2D eigenvalue weighted by Crippen LogP contribution is 2.45. The molecule has 158 valence electrons. The van der Waals surface area contributed by atoms with Gasteiger partial charge in [0.25, 0.3) is 0 Å². The molecule has 2 aliphatic carbocycles.